The molecule has 3 aromatic heterocycles. The molecule has 3 heterocycles. The van der Waals surface area contributed by atoms with E-state index in [0.29, 0.717) is 11.3 Å². The quantitative estimate of drug-likeness (QED) is 0.800. The van der Waals surface area contributed by atoms with Crippen molar-refractivity contribution >= 4 is 11.7 Å². The number of hydrogen-bond acceptors (Lipinski definition) is 4. The van der Waals surface area contributed by atoms with Crippen molar-refractivity contribution in [2.24, 2.45) is 0 Å². The van der Waals surface area contributed by atoms with Gasteiger partial charge in [0.25, 0.3) is 0 Å². The standard InChI is InChI=1S/C15H10F3N5O/c16-15(17,18)14(24)22-13-5-1-4-12(21-13)10-7-20-23(9-10)11-3-2-6-19-8-11/h1-9H,(H,21,22,24). The number of nitrogens with one attached hydrogen (secondary N) is 1. The summed E-state index contributed by atoms with van der Waals surface area (Å²) in [7, 11) is 0. The number of hydrogen-bond donors (Lipinski definition) is 1. The van der Waals surface area contributed by atoms with Crippen molar-refractivity contribution in [3.05, 3.63) is 55.1 Å². The molecule has 0 unspecified atom stereocenters. The van der Waals surface area contributed by atoms with Crippen LogP contribution in [0, 0.1) is 0 Å². The third-order valence-electron chi connectivity index (χ3n) is 3.04. The molecule has 3 rings (SSSR count). The van der Waals surface area contributed by atoms with E-state index in [-0.39, 0.29) is 5.82 Å². The molecule has 24 heavy (non-hydrogen) atoms. The summed E-state index contributed by atoms with van der Waals surface area (Å²) in [6.45, 7) is 0. The van der Waals surface area contributed by atoms with Gasteiger partial charge >= 0.3 is 12.1 Å². The van der Waals surface area contributed by atoms with Crippen molar-refractivity contribution in [2.45, 2.75) is 6.18 Å². The smallest absolute Gasteiger partial charge is 0.303 e. The molecule has 0 aliphatic rings. The molecule has 1 amide bonds. The maximum atomic E-state index is 12.3. The first-order valence-corrected chi connectivity index (χ1v) is 6.74. The Kier molecular flexibility index (Phi) is 3.98. The van der Waals surface area contributed by atoms with Gasteiger partial charge in [-0.1, -0.05) is 6.07 Å². The number of aromatic nitrogens is 4. The van der Waals surface area contributed by atoms with E-state index in [2.05, 4.69) is 15.1 Å². The Morgan fingerprint density at radius 3 is 2.67 bits per heavy atom. The molecule has 0 aliphatic heterocycles. The molecule has 0 aliphatic carbocycles. The predicted octanol–water partition coefficient (Wildman–Crippen LogP) is 2.83. The number of carbonyl (C=O) groups is 1. The maximum Gasteiger partial charge on any atom is 0.471 e. The second-order valence-corrected chi connectivity index (χ2v) is 4.74. The Hall–Kier alpha value is -3.23. The minimum atomic E-state index is -4.97. The van der Waals surface area contributed by atoms with Crippen LogP contribution >= 0.6 is 0 Å². The van der Waals surface area contributed by atoms with E-state index >= 15 is 0 Å². The average molecular weight is 333 g/mol. The van der Waals surface area contributed by atoms with Crippen molar-refractivity contribution in [3.63, 3.8) is 0 Å². The number of anilines is 1. The second-order valence-electron chi connectivity index (χ2n) is 4.74. The highest BCUT2D eigenvalue weighted by molar-refractivity contribution is 5.94. The molecule has 0 aromatic carbocycles. The molecule has 3 aromatic rings. The predicted molar refractivity (Wildman–Crippen MR) is 79.3 cm³/mol. The van der Waals surface area contributed by atoms with Crippen LogP contribution in [-0.4, -0.2) is 31.8 Å². The Bertz CT molecular complexity index is 861. The van der Waals surface area contributed by atoms with Gasteiger partial charge in [0.05, 0.1) is 23.8 Å². The van der Waals surface area contributed by atoms with Gasteiger partial charge in [-0.25, -0.2) is 9.67 Å². The highest BCUT2D eigenvalue weighted by Gasteiger charge is 2.38. The van der Waals surface area contributed by atoms with Crippen LogP contribution in [0.4, 0.5) is 19.0 Å². The third-order valence-corrected chi connectivity index (χ3v) is 3.04. The van der Waals surface area contributed by atoms with Crippen molar-refractivity contribution in [1.82, 2.24) is 19.7 Å². The lowest BCUT2D eigenvalue weighted by molar-refractivity contribution is -0.167. The molecule has 122 valence electrons. The van der Waals surface area contributed by atoms with E-state index in [0.717, 1.165) is 5.69 Å². The van der Waals surface area contributed by atoms with Gasteiger partial charge in [0, 0.05) is 18.0 Å². The van der Waals surface area contributed by atoms with Crippen LogP contribution in [0.5, 0.6) is 0 Å². The maximum absolute atomic E-state index is 12.3. The summed E-state index contributed by atoms with van der Waals surface area (Å²) in [5.74, 6) is -2.26. The summed E-state index contributed by atoms with van der Waals surface area (Å²) in [5.41, 5.74) is 1.69. The molecule has 6 nitrogen and oxygen atoms in total. The monoisotopic (exact) mass is 333 g/mol. The van der Waals surface area contributed by atoms with Crippen LogP contribution in [-0.2, 0) is 4.79 Å². The zero-order chi connectivity index (χ0) is 17.2. The first kappa shape index (κ1) is 15.7. The van der Waals surface area contributed by atoms with Gasteiger partial charge in [-0.2, -0.15) is 18.3 Å². The van der Waals surface area contributed by atoms with Crippen LogP contribution < -0.4 is 5.32 Å². The van der Waals surface area contributed by atoms with Gasteiger partial charge in [0.1, 0.15) is 5.82 Å². The Labute approximate surface area is 134 Å². The minimum Gasteiger partial charge on any atom is -0.303 e. The van der Waals surface area contributed by atoms with E-state index in [1.807, 2.05) is 0 Å². The fraction of sp³-hybridized carbons (Fsp3) is 0.0667. The van der Waals surface area contributed by atoms with Crippen molar-refractivity contribution in [1.29, 1.82) is 0 Å². The number of rotatable bonds is 3. The summed E-state index contributed by atoms with van der Waals surface area (Å²) in [6, 6.07) is 7.93. The Balaban J connectivity index is 1.85. The molecule has 0 spiro atoms. The fourth-order valence-corrected chi connectivity index (χ4v) is 1.94. The van der Waals surface area contributed by atoms with Crippen LogP contribution in [0.1, 0.15) is 0 Å². The number of halogens is 3. The normalized spacial score (nSPS) is 11.3. The van der Waals surface area contributed by atoms with E-state index < -0.39 is 12.1 Å². The first-order chi connectivity index (χ1) is 11.4. The summed E-state index contributed by atoms with van der Waals surface area (Å²) in [6.07, 6.45) is 1.45. The molecule has 0 bridgehead atoms. The number of nitrogens with zero attached hydrogens (tertiary/aromatic N) is 4. The van der Waals surface area contributed by atoms with E-state index in [1.54, 1.807) is 46.8 Å². The number of amides is 1. The van der Waals surface area contributed by atoms with Gasteiger partial charge in [-0.05, 0) is 24.3 Å². The molecule has 0 radical (unpaired) electrons. The number of carbonyl (C=O) groups excluding carboxylic acids is 1. The zero-order valence-corrected chi connectivity index (χ0v) is 12.0. The second kappa shape index (κ2) is 6.11. The Morgan fingerprint density at radius 1 is 1.12 bits per heavy atom. The fourth-order valence-electron chi connectivity index (χ4n) is 1.94. The van der Waals surface area contributed by atoms with Crippen LogP contribution in [0.2, 0.25) is 0 Å². The van der Waals surface area contributed by atoms with Crippen molar-refractivity contribution in [3.8, 4) is 16.9 Å². The van der Waals surface area contributed by atoms with Crippen LogP contribution in [0.25, 0.3) is 16.9 Å². The largest absolute Gasteiger partial charge is 0.471 e. The molecule has 1 N–H and O–H groups in total. The molecule has 9 heteroatoms. The molecule has 0 saturated carbocycles. The average Bonchev–Trinajstić information content (AvgIpc) is 3.05. The minimum absolute atomic E-state index is 0.191. The lowest BCUT2D eigenvalue weighted by atomic mass is 10.2. The summed E-state index contributed by atoms with van der Waals surface area (Å²) >= 11 is 0. The summed E-state index contributed by atoms with van der Waals surface area (Å²) < 4.78 is 38.4. The van der Waals surface area contributed by atoms with Crippen LogP contribution in [0.3, 0.4) is 0 Å². The lowest BCUT2D eigenvalue weighted by Gasteiger charge is -2.07. The van der Waals surface area contributed by atoms with Gasteiger partial charge in [0.15, 0.2) is 0 Å². The van der Waals surface area contributed by atoms with E-state index in [9.17, 15) is 18.0 Å². The zero-order valence-electron chi connectivity index (χ0n) is 12.0. The molecule has 0 fully saturated rings. The van der Waals surface area contributed by atoms with Crippen molar-refractivity contribution in [2.75, 3.05) is 5.32 Å². The van der Waals surface area contributed by atoms with Gasteiger partial charge in [0.2, 0.25) is 0 Å². The van der Waals surface area contributed by atoms with E-state index in [4.69, 9.17) is 0 Å². The van der Waals surface area contributed by atoms with Gasteiger partial charge in [-0.3, -0.25) is 9.78 Å². The van der Waals surface area contributed by atoms with E-state index in [1.165, 1.54) is 18.3 Å². The summed E-state index contributed by atoms with van der Waals surface area (Å²) in [4.78, 5) is 19.0. The number of pyridine rings is 2. The van der Waals surface area contributed by atoms with Gasteiger partial charge in [-0.15, -0.1) is 0 Å². The number of alkyl halides is 3. The highest BCUT2D eigenvalue weighted by Crippen LogP contribution is 2.21. The molecular weight excluding hydrogens is 323 g/mol. The first-order valence-electron chi connectivity index (χ1n) is 6.74. The Morgan fingerprint density at radius 2 is 1.96 bits per heavy atom. The molecule has 0 atom stereocenters. The van der Waals surface area contributed by atoms with Crippen molar-refractivity contribution < 1.29 is 18.0 Å². The topological polar surface area (TPSA) is 72.7 Å². The SMILES string of the molecule is O=C(Nc1cccc(-c2cnn(-c3cccnc3)c2)n1)C(F)(F)F. The third kappa shape index (κ3) is 3.40. The van der Waals surface area contributed by atoms with Gasteiger partial charge < -0.3 is 5.32 Å². The highest BCUT2D eigenvalue weighted by atomic mass is 19.4. The molecular formula is C15H10F3N5O. The lowest BCUT2D eigenvalue weighted by Crippen LogP contribution is -2.30. The summed E-state index contributed by atoms with van der Waals surface area (Å²) in [5, 5.41) is 5.88. The molecule has 0 saturated heterocycles. The van der Waals surface area contributed by atoms with Crippen LogP contribution in [0.15, 0.2) is 55.1 Å².